The van der Waals surface area contributed by atoms with Crippen LogP contribution in [-0.4, -0.2) is 44.9 Å². The first-order chi connectivity index (χ1) is 10.1. The number of aromatic nitrogens is 4. The highest BCUT2D eigenvalue weighted by Gasteiger charge is 2.23. The van der Waals surface area contributed by atoms with Crippen LogP contribution in [0.15, 0.2) is 6.07 Å². The minimum Gasteiger partial charge on any atom is -0.387 e. The average Bonchev–Trinajstić information content (AvgIpc) is 3.12. The molecule has 0 radical (unpaired) electrons. The van der Waals surface area contributed by atoms with Crippen molar-refractivity contribution in [1.82, 2.24) is 19.1 Å². The van der Waals surface area contributed by atoms with Gasteiger partial charge in [0.05, 0.1) is 30.6 Å². The van der Waals surface area contributed by atoms with Crippen LogP contribution in [0.25, 0.3) is 0 Å². The van der Waals surface area contributed by atoms with Crippen LogP contribution in [0.2, 0.25) is 0 Å². The van der Waals surface area contributed by atoms with Gasteiger partial charge in [0.25, 0.3) is 0 Å². The predicted molar refractivity (Wildman–Crippen MR) is 82.8 cm³/mol. The number of aliphatic hydroxyl groups excluding tert-OH is 1. The first kappa shape index (κ1) is 14.3. The molecule has 3 heterocycles. The third-order valence-electron chi connectivity index (χ3n) is 3.62. The Bertz CT molecular complexity index is 622. The van der Waals surface area contributed by atoms with E-state index < -0.39 is 6.10 Å². The maximum atomic E-state index is 9.91. The average molecular weight is 308 g/mol. The smallest absolute Gasteiger partial charge is 0.238 e. The molecule has 21 heavy (non-hydrogen) atoms. The van der Waals surface area contributed by atoms with Crippen LogP contribution >= 0.6 is 11.5 Å². The first-order valence-electron chi connectivity index (χ1n) is 7.09. The van der Waals surface area contributed by atoms with Crippen LogP contribution < -0.4 is 9.80 Å². The third-order valence-corrected chi connectivity index (χ3v) is 4.39. The monoisotopic (exact) mass is 308 g/mol. The van der Waals surface area contributed by atoms with Gasteiger partial charge in [-0.1, -0.05) is 6.92 Å². The molecule has 7 nitrogen and oxygen atoms in total. The van der Waals surface area contributed by atoms with Gasteiger partial charge in [-0.3, -0.25) is 4.68 Å². The number of anilines is 2. The molecule has 1 N–H and O–H groups in total. The summed E-state index contributed by atoms with van der Waals surface area (Å²) in [4.78, 5) is 8.66. The largest absolute Gasteiger partial charge is 0.387 e. The number of hydrogen-bond acceptors (Lipinski definition) is 7. The molecule has 0 bridgehead atoms. The highest BCUT2D eigenvalue weighted by molar-refractivity contribution is 7.09. The van der Waals surface area contributed by atoms with Gasteiger partial charge >= 0.3 is 0 Å². The van der Waals surface area contributed by atoms with Crippen molar-refractivity contribution in [2.45, 2.75) is 32.5 Å². The fraction of sp³-hybridized carbons (Fsp3) is 0.615. The quantitative estimate of drug-likeness (QED) is 0.917. The summed E-state index contributed by atoms with van der Waals surface area (Å²) in [7, 11) is 3.88. The standard InChI is InChI=1S/C13H20N6OS/c1-4-11(20)10-7-9-8-18(5-6-19(9)15-10)13-14-12(16-21-13)17(2)3/h7,11,20H,4-6,8H2,1-3H3. The van der Waals surface area contributed by atoms with E-state index in [4.69, 9.17) is 0 Å². The second kappa shape index (κ2) is 5.61. The summed E-state index contributed by atoms with van der Waals surface area (Å²) in [5.74, 6) is 0.746. The van der Waals surface area contributed by atoms with Crippen molar-refractivity contribution in [3.8, 4) is 0 Å². The Balaban J connectivity index is 1.78. The van der Waals surface area contributed by atoms with Crippen LogP contribution in [0.3, 0.4) is 0 Å². The lowest BCUT2D eigenvalue weighted by Crippen LogP contribution is -2.33. The highest BCUT2D eigenvalue weighted by atomic mass is 32.1. The summed E-state index contributed by atoms with van der Waals surface area (Å²) < 4.78 is 6.33. The molecular formula is C13H20N6OS. The third kappa shape index (κ3) is 2.73. The van der Waals surface area contributed by atoms with Crippen molar-refractivity contribution in [2.24, 2.45) is 0 Å². The van der Waals surface area contributed by atoms with Crippen LogP contribution in [0.5, 0.6) is 0 Å². The molecule has 0 saturated heterocycles. The van der Waals surface area contributed by atoms with Gasteiger partial charge in [-0.15, -0.1) is 0 Å². The molecule has 1 unspecified atom stereocenters. The maximum absolute atomic E-state index is 9.91. The lowest BCUT2D eigenvalue weighted by molar-refractivity contribution is 0.168. The molecular weight excluding hydrogens is 288 g/mol. The molecule has 3 rings (SSSR count). The highest BCUT2D eigenvalue weighted by Crippen LogP contribution is 2.26. The van der Waals surface area contributed by atoms with Crippen molar-refractivity contribution >= 4 is 22.6 Å². The van der Waals surface area contributed by atoms with E-state index >= 15 is 0 Å². The first-order valence-corrected chi connectivity index (χ1v) is 7.86. The molecule has 0 fully saturated rings. The van der Waals surface area contributed by atoms with Crippen LogP contribution in [0.4, 0.5) is 11.1 Å². The number of nitrogens with zero attached hydrogens (tertiary/aromatic N) is 6. The van der Waals surface area contributed by atoms with E-state index in [0.717, 1.165) is 42.1 Å². The van der Waals surface area contributed by atoms with Crippen molar-refractivity contribution < 1.29 is 5.11 Å². The zero-order valence-corrected chi connectivity index (χ0v) is 13.3. The molecule has 2 aromatic heterocycles. The lowest BCUT2D eigenvalue weighted by atomic mass is 10.2. The SMILES string of the molecule is CCC(O)c1cc2n(n1)CCN(c1nc(N(C)C)ns1)C2. The van der Waals surface area contributed by atoms with Gasteiger partial charge < -0.3 is 14.9 Å². The second-order valence-electron chi connectivity index (χ2n) is 5.40. The summed E-state index contributed by atoms with van der Waals surface area (Å²) in [5, 5.41) is 15.3. The fourth-order valence-electron chi connectivity index (χ4n) is 2.34. The molecule has 1 atom stereocenters. The molecule has 0 amide bonds. The Kier molecular flexibility index (Phi) is 3.81. The van der Waals surface area contributed by atoms with Gasteiger partial charge in [-0.25, -0.2) is 0 Å². The van der Waals surface area contributed by atoms with Crippen molar-refractivity contribution in [3.05, 3.63) is 17.5 Å². The summed E-state index contributed by atoms with van der Waals surface area (Å²) in [5.41, 5.74) is 1.88. The maximum Gasteiger partial charge on any atom is 0.238 e. The molecule has 1 aliphatic heterocycles. The van der Waals surface area contributed by atoms with Crippen molar-refractivity contribution in [2.75, 3.05) is 30.4 Å². The van der Waals surface area contributed by atoms with E-state index in [9.17, 15) is 5.11 Å². The van der Waals surface area contributed by atoms with Gasteiger partial charge in [-0.05, 0) is 12.5 Å². The van der Waals surface area contributed by atoms with Crippen LogP contribution in [0.1, 0.15) is 30.8 Å². The minimum atomic E-state index is -0.474. The minimum absolute atomic E-state index is 0.474. The Morgan fingerprint density at radius 3 is 2.90 bits per heavy atom. The molecule has 0 spiro atoms. The van der Waals surface area contributed by atoms with Crippen LogP contribution in [-0.2, 0) is 13.1 Å². The molecule has 2 aromatic rings. The van der Waals surface area contributed by atoms with Crippen LogP contribution in [0, 0.1) is 0 Å². The van der Waals surface area contributed by atoms with Gasteiger partial charge in [0.2, 0.25) is 11.1 Å². The van der Waals surface area contributed by atoms with Gasteiger partial charge in [0, 0.05) is 32.2 Å². The molecule has 0 aromatic carbocycles. The van der Waals surface area contributed by atoms with Crippen molar-refractivity contribution in [1.29, 1.82) is 0 Å². The Hall–Kier alpha value is -1.67. The number of fused-ring (bicyclic) bond motifs is 1. The summed E-state index contributed by atoms with van der Waals surface area (Å²) >= 11 is 1.42. The normalized spacial score (nSPS) is 15.9. The van der Waals surface area contributed by atoms with E-state index in [0.29, 0.717) is 6.42 Å². The summed E-state index contributed by atoms with van der Waals surface area (Å²) in [6, 6.07) is 1.99. The summed E-state index contributed by atoms with van der Waals surface area (Å²) in [6.07, 6.45) is 0.210. The molecule has 114 valence electrons. The molecule has 8 heteroatoms. The van der Waals surface area contributed by atoms with E-state index in [2.05, 4.69) is 19.4 Å². The Labute approximate surface area is 128 Å². The van der Waals surface area contributed by atoms with E-state index in [1.54, 1.807) is 0 Å². The zero-order valence-electron chi connectivity index (χ0n) is 12.5. The van der Waals surface area contributed by atoms with Gasteiger partial charge in [0.15, 0.2) is 0 Å². The molecule has 0 saturated carbocycles. The molecule has 1 aliphatic rings. The van der Waals surface area contributed by atoms with E-state index in [1.807, 2.05) is 36.7 Å². The zero-order chi connectivity index (χ0) is 15.0. The topological polar surface area (TPSA) is 70.3 Å². The second-order valence-corrected chi connectivity index (χ2v) is 6.13. The van der Waals surface area contributed by atoms with Gasteiger partial charge in [0.1, 0.15) is 0 Å². The lowest BCUT2D eigenvalue weighted by Gasteiger charge is -2.26. The Morgan fingerprint density at radius 1 is 1.43 bits per heavy atom. The van der Waals surface area contributed by atoms with E-state index in [-0.39, 0.29) is 0 Å². The number of rotatable bonds is 4. The van der Waals surface area contributed by atoms with Gasteiger partial charge in [-0.2, -0.15) is 14.5 Å². The predicted octanol–water partition coefficient (Wildman–Crippen LogP) is 1.26. The summed E-state index contributed by atoms with van der Waals surface area (Å²) in [6.45, 7) is 4.38. The number of aliphatic hydroxyl groups is 1. The van der Waals surface area contributed by atoms with Crippen molar-refractivity contribution in [3.63, 3.8) is 0 Å². The molecule has 0 aliphatic carbocycles. The van der Waals surface area contributed by atoms with E-state index in [1.165, 1.54) is 11.5 Å². The Morgan fingerprint density at radius 2 is 2.24 bits per heavy atom. The number of hydrogen-bond donors (Lipinski definition) is 1. The fourth-order valence-corrected chi connectivity index (χ4v) is 3.10.